The average Bonchev–Trinajstić information content (AvgIpc) is 2.32. The first kappa shape index (κ1) is 12.8. The van der Waals surface area contributed by atoms with Gasteiger partial charge in [-0.1, -0.05) is 18.2 Å². The number of para-hydroxylation sites is 1. The van der Waals surface area contributed by atoms with E-state index < -0.39 is 19.7 Å². The van der Waals surface area contributed by atoms with Crippen molar-refractivity contribution in [2.45, 2.75) is 62.3 Å². The van der Waals surface area contributed by atoms with Gasteiger partial charge in [-0.3, -0.25) is 0 Å². The third-order valence-corrected chi connectivity index (χ3v) is 7.58. The van der Waals surface area contributed by atoms with Gasteiger partial charge in [-0.2, -0.15) is 0 Å². The lowest BCUT2D eigenvalue weighted by Crippen LogP contribution is -2.73. The van der Waals surface area contributed by atoms with Crippen molar-refractivity contribution >= 4 is 8.15 Å². The summed E-state index contributed by atoms with van der Waals surface area (Å²) >= 11 is 0. The molecule has 5 heteroatoms. The molecule has 4 nitrogen and oxygen atoms in total. The molecule has 5 atom stereocenters. The lowest BCUT2D eigenvalue weighted by molar-refractivity contribution is -0.472. The Kier molecular flexibility index (Phi) is 2.11. The Morgan fingerprint density at radius 3 is 2.52 bits per heavy atom. The second-order valence-electron chi connectivity index (χ2n) is 7.22. The van der Waals surface area contributed by atoms with Crippen LogP contribution in [0, 0.1) is 0 Å². The van der Waals surface area contributed by atoms with Crippen molar-refractivity contribution in [2.75, 3.05) is 0 Å². The zero-order valence-electron chi connectivity index (χ0n) is 12.5. The molecule has 112 valence electrons. The van der Waals surface area contributed by atoms with Gasteiger partial charge >= 0.3 is 0 Å². The molecular formula is C16H19O4P. The molecule has 5 aliphatic rings. The molecule has 0 saturated carbocycles. The van der Waals surface area contributed by atoms with Crippen LogP contribution in [0.15, 0.2) is 24.3 Å². The zero-order valence-corrected chi connectivity index (χ0v) is 13.4. The van der Waals surface area contributed by atoms with Gasteiger partial charge in [-0.15, -0.1) is 0 Å². The molecule has 5 aliphatic heterocycles. The quantitative estimate of drug-likeness (QED) is 0.684. The summed E-state index contributed by atoms with van der Waals surface area (Å²) in [5, 5.41) is -0.586. The minimum atomic E-state index is -0.858. The molecule has 1 spiro atoms. The van der Waals surface area contributed by atoms with E-state index in [9.17, 15) is 0 Å². The van der Waals surface area contributed by atoms with Crippen molar-refractivity contribution in [3.8, 4) is 5.75 Å². The summed E-state index contributed by atoms with van der Waals surface area (Å²) in [6, 6.07) is 8.28. The Morgan fingerprint density at radius 2 is 1.71 bits per heavy atom. The third kappa shape index (κ3) is 1.54. The van der Waals surface area contributed by atoms with Crippen molar-refractivity contribution in [1.29, 1.82) is 0 Å². The monoisotopic (exact) mass is 306 g/mol. The van der Waals surface area contributed by atoms with Crippen LogP contribution < -0.4 is 4.52 Å². The maximum atomic E-state index is 6.49. The molecule has 0 radical (unpaired) electrons. The van der Waals surface area contributed by atoms with Crippen LogP contribution in [-0.4, -0.2) is 22.3 Å². The Morgan fingerprint density at radius 1 is 0.952 bits per heavy atom. The predicted molar refractivity (Wildman–Crippen MR) is 78.1 cm³/mol. The van der Waals surface area contributed by atoms with Crippen LogP contribution in [0.2, 0.25) is 0 Å². The maximum absolute atomic E-state index is 6.49. The molecule has 1 aromatic carbocycles. The second-order valence-corrected chi connectivity index (χ2v) is 9.75. The minimum absolute atomic E-state index is 0.281. The van der Waals surface area contributed by atoms with E-state index in [2.05, 4.69) is 25.1 Å². The topological polar surface area (TPSA) is 36.9 Å². The van der Waals surface area contributed by atoms with E-state index in [0.717, 1.165) is 25.0 Å². The van der Waals surface area contributed by atoms with Gasteiger partial charge in [-0.05, 0) is 32.4 Å². The zero-order chi connectivity index (χ0) is 14.5. The second kappa shape index (κ2) is 3.46. The fourth-order valence-corrected chi connectivity index (χ4v) is 8.15. The highest BCUT2D eigenvalue weighted by Crippen LogP contribution is 2.78. The summed E-state index contributed by atoms with van der Waals surface area (Å²) < 4.78 is 25.4. The Bertz CT molecular complexity index is 627. The summed E-state index contributed by atoms with van der Waals surface area (Å²) in [5.41, 5.74) is 1.23. The molecule has 5 heterocycles. The number of fused-ring (bicyclic) bond motifs is 1. The Labute approximate surface area is 125 Å². The van der Waals surface area contributed by atoms with Crippen LogP contribution in [-0.2, 0) is 20.6 Å². The smallest absolute Gasteiger partial charge is 0.173 e. The summed E-state index contributed by atoms with van der Waals surface area (Å²) in [7, 11) is -0.858. The lowest BCUT2D eigenvalue weighted by atomic mass is 9.93. The van der Waals surface area contributed by atoms with Crippen LogP contribution in [0.5, 0.6) is 5.75 Å². The van der Waals surface area contributed by atoms with Gasteiger partial charge in [-0.25, -0.2) is 0 Å². The highest BCUT2D eigenvalue weighted by Gasteiger charge is 2.75. The van der Waals surface area contributed by atoms with Crippen LogP contribution in [0.3, 0.4) is 0 Å². The van der Waals surface area contributed by atoms with Gasteiger partial charge in [0.25, 0.3) is 0 Å². The highest BCUT2D eigenvalue weighted by molar-refractivity contribution is 7.56. The van der Waals surface area contributed by atoms with Crippen LogP contribution in [0.4, 0.5) is 0 Å². The molecular weight excluding hydrogens is 287 g/mol. The van der Waals surface area contributed by atoms with Crippen molar-refractivity contribution in [1.82, 2.24) is 0 Å². The summed E-state index contributed by atoms with van der Waals surface area (Å²) in [5.74, 6) is -0.130. The third-order valence-electron chi connectivity index (χ3n) is 4.95. The minimum Gasteiger partial charge on any atom is -0.468 e. The van der Waals surface area contributed by atoms with E-state index >= 15 is 0 Å². The fourth-order valence-electron chi connectivity index (χ4n) is 4.82. The molecule has 0 N–H and O–H groups in total. The highest BCUT2D eigenvalue weighted by atomic mass is 31.1. The average molecular weight is 306 g/mol. The summed E-state index contributed by atoms with van der Waals surface area (Å²) in [6.45, 7) is 6.25. The molecule has 4 saturated heterocycles. The normalized spacial score (nSPS) is 53.0. The van der Waals surface area contributed by atoms with Crippen molar-refractivity contribution in [2.24, 2.45) is 0 Å². The van der Waals surface area contributed by atoms with E-state index in [1.54, 1.807) is 0 Å². The number of hydrogen-bond acceptors (Lipinski definition) is 4. The summed E-state index contributed by atoms with van der Waals surface area (Å²) in [6.07, 6.45) is 2.36. The SMILES string of the molecule is CC12CC34Cc5ccccc5OP3C(C)(CC(C)(O1)O4)O2. The van der Waals surface area contributed by atoms with Crippen LogP contribution in [0.25, 0.3) is 0 Å². The standard InChI is InChI=1S/C16H19O4P/c1-13-9-15(3)19-14(2,18-13)10-16(20-13)8-11-6-4-5-7-12(11)17-21(15)16/h4-7H,8-10H2,1-3H3. The first-order chi connectivity index (χ1) is 9.84. The van der Waals surface area contributed by atoms with Gasteiger partial charge in [0.15, 0.2) is 19.7 Å². The van der Waals surface area contributed by atoms with Crippen LogP contribution in [0.1, 0.15) is 39.2 Å². The van der Waals surface area contributed by atoms with Gasteiger partial charge < -0.3 is 18.7 Å². The first-order valence-electron chi connectivity index (χ1n) is 7.51. The lowest BCUT2D eigenvalue weighted by Gasteiger charge is -2.69. The van der Waals surface area contributed by atoms with E-state index in [1.807, 2.05) is 19.9 Å². The molecule has 21 heavy (non-hydrogen) atoms. The molecule has 4 fully saturated rings. The Balaban J connectivity index is 1.69. The fraction of sp³-hybridized carbons (Fsp3) is 0.625. The number of benzene rings is 1. The van der Waals surface area contributed by atoms with Crippen molar-refractivity contribution in [3.05, 3.63) is 29.8 Å². The van der Waals surface area contributed by atoms with Gasteiger partial charge in [0.1, 0.15) is 16.4 Å². The first-order valence-corrected chi connectivity index (χ1v) is 8.77. The molecule has 6 rings (SSSR count). The largest absolute Gasteiger partial charge is 0.468 e. The van der Waals surface area contributed by atoms with E-state index in [1.165, 1.54) is 5.56 Å². The number of hydrogen-bond donors (Lipinski definition) is 0. The maximum Gasteiger partial charge on any atom is 0.173 e. The molecule has 4 bridgehead atoms. The molecule has 1 aromatic rings. The van der Waals surface area contributed by atoms with Gasteiger partial charge in [0.2, 0.25) is 0 Å². The van der Waals surface area contributed by atoms with Crippen LogP contribution >= 0.6 is 8.15 Å². The van der Waals surface area contributed by atoms with Gasteiger partial charge in [0.05, 0.1) is 0 Å². The number of ether oxygens (including phenoxy) is 3. The van der Waals surface area contributed by atoms with Crippen molar-refractivity contribution < 1.29 is 18.7 Å². The predicted octanol–water partition coefficient (Wildman–Crippen LogP) is 3.73. The molecule has 5 unspecified atom stereocenters. The van der Waals surface area contributed by atoms with E-state index in [0.29, 0.717) is 0 Å². The molecule has 0 aliphatic carbocycles. The molecule has 0 amide bonds. The molecule has 0 aromatic heterocycles. The summed E-state index contributed by atoms with van der Waals surface area (Å²) in [4.78, 5) is 0. The van der Waals surface area contributed by atoms with Gasteiger partial charge in [0, 0.05) is 19.3 Å². The van der Waals surface area contributed by atoms with E-state index in [4.69, 9.17) is 18.7 Å². The van der Waals surface area contributed by atoms with Crippen molar-refractivity contribution in [3.63, 3.8) is 0 Å². The number of rotatable bonds is 0. The Hall–Kier alpha value is -0.670. The van der Waals surface area contributed by atoms with E-state index in [-0.39, 0.29) is 10.7 Å².